The maximum atomic E-state index is 12.4. The molecule has 0 aliphatic rings. The van der Waals surface area contributed by atoms with Crippen molar-refractivity contribution in [3.63, 3.8) is 0 Å². The summed E-state index contributed by atoms with van der Waals surface area (Å²) in [5, 5.41) is 6.90. The molecule has 112 valence electrons. The molecule has 0 saturated carbocycles. The van der Waals surface area contributed by atoms with Gasteiger partial charge in [0.15, 0.2) is 0 Å². The molecule has 0 atom stereocenters. The fourth-order valence-electron chi connectivity index (χ4n) is 2.04. The second kappa shape index (κ2) is 5.82. The quantitative estimate of drug-likeness (QED) is 0.767. The molecule has 2 N–H and O–H groups in total. The molecule has 0 saturated heterocycles. The summed E-state index contributed by atoms with van der Waals surface area (Å²) < 4.78 is 27.3. The molecular formula is C15H12ClN3O2S. The summed E-state index contributed by atoms with van der Waals surface area (Å²) in [4.78, 5) is 0.0450. The number of hydrogen-bond acceptors (Lipinski definition) is 3. The van der Waals surface area contributed by atoms with E-state index in [1.807, 2.05) is 12.1 Å². The van der Waals surface area contributed by atoms with Crippen LogP contribution in [-0.4, -0.2) is 18.6 Å². The zero-order valence-electron chi connectivity index (χ0n) is 11.3. The van der Waals surface area contributed by atoms with E-state index < -0.39 is 10.0 Å². The molecule has 3 rings (SSSR count). The number of H-pyrrole nitrogens is 1. The van der Waals surface area contributed by atoms with Gasteiger partial charge in [0, 0.05) is 17.4 Å². The van der Waals surface area contributed by atoms with Crippen LogP contribution in [0.25, 0.3) is 11.3 Å². The monoisotopic (exact) mass is 333 g/mol. The number of hydrogen-bond donors (Lipinski definition) is 2. The normalized spacial score (nSPS) is 11.3. The van der Waals surface area contributed by atoms with E-state index in [1.54, 1.807) is 36.5 Å². The van der Waals surface area contributed by atoms with E-state index in [4.69, 9.17) is 11.6 Å². The van der Waals surface area contributed by atoms with Crippen molar-refractivity contribution in [2.75, 3.05) is 4.72 Å². The Kier molecular flexibility index (Phi) is 3.87. The Morgan fingerprint density at radius 1 is 1.05 bits per heavy atom. The number of nitrogens with one attached hydrogen (secondary N) is 2. The predicted octanol–water partition coefficient (Wildman–Crippen LogP) is 3.53. The molecule has 3 aromatic rings. The summed E-state index contributed by atoms with van der Waals surface area (Å²) in [5.74, 6) is 0. The molecule has 0 radical (unpaired) electrons. The van der Waals surface area contributed by atoms with E-state index in [9.17, 15) is 8.42 Å². The lowest BCUT2D eigenvalue weighted by Crippen LogP contribution is -2.13. The first-order valence-electron chi connectivity index (χ1n) is 6.43. The summed E-state index contributed by atoms with van der Waals surface area (Å²) in [5.41, 5.74) is 2.09. The van der Waals surface area contributed by atoms with Crippen molar-refractivity contribution in [3.8, 4) is 11.3 Å². The van der Waals surface area contributed by atoms with Crippen LogP contribution in [-0.2, 0) is 10.0 Å². The highest BCUT2D eigenvalue weighted by atomic mass is 35.5. The zero-order valence-corrected chi connectivity index (χ0v) is 12.9. The molecule has 2 aromatic carbocycles. The van der Waals surface area contributed by atoms with Crippen LogP contribution in [0.5, 0.6) is 0 Å². The van der Waals surface area contributed by atoms with Gasteiger partial charge in [0.1, 0.15) is 4.90 Å². The van der Waals surface area contributed by atoms with Gasteiger partial charge in [-0.3, -0.25) is 9.82 Å². The third-order valence-electron chi connectivity index (χ3n) is 3.05. The van der Waals surface area contributed by atoms with Gasteiger partial charge in [0.25, 0.3) is 10.0 Å². The zero-order chi connectivity index (χ0) is 15.6. The van der Waals surface area contributed by atoms with Gasteiger partial charge in [-0.05, 0) is 30.3 Å². The van der Waals surface area contributed by atoms with Gasteiger partial charge in [-0.1, -0.05) is 35.9 Å². The third kappa shape index (κ3) is 2.98. The molecule has 0 aliphatic heterocycles. The lowest BCUT2D eigenvalue weighted by Gasteiger charge is -2.10. The van der Waals surface area contributed by atoms with Crippen LogP contribution in [0.1, 0.15) is 0 Å². The number of aromatic nitrogens is 2. The summed E-state index contributed by atoms with van der Waals surface area (Å²) in [7, 11) is -3.74. The van der Waals surface area contributed by atoms with Gasteiger partial charge >= 0.3 is 0 Å². The smallest absolute Gasteiger partial charge is 0.263 e. The highest BCUT2D eigenvalue weighted by Crippen LogP contribution is 2.25. The van der Waals surface area contributed by atoms with Gasteiger partial charge < -0.3 is 0 Å². The van der Waals surface area contributed by atoms with E-state index in [1.165, 1.54) is 12.1 Å². The topological polar surface area (TPSA) is 74.8 Å². The van der Waals surface area contributed by atoms with Crippen LogP contribution in [0, 0.1) is 0 Å². The Morgan fingerprint density at radius 2 is 1.86 bits per heavy atom. The van der Waals surface area contributed by atoms with E-state index in [0.717, 1.165) is 11.3 Å². The third-order valence-corrected chi connectivity index (χ3v) is 4.93. The molecule has 1 aromatic heterocycles. The number of anilines is 1. The van der Waals surface area contributed by atoms with Crippen molar-refractivity contribution < 1.29 is 8.42 Å². The van der Waals surface area contributed by atoms with Crippen molar-refractivity contribution in [2.45, 2.75) is 4.90 Å². The fraction of sp³-hybridized carbons (Fsp3) is 0. The van der Waals surface area contributed by atoms with Crippen LogP contribution in [0.15, 0.2) is 65.7 Å². The Labute approximate surface area is 133 Å². The summed E-state index contributed by atoms with van der Waals surface area (Å²) in [6.07, 6.45) is 1.63. The molecule has 0 bridgehead atoms. The molecule has 0 fully saturated rings. The lowest BCUT2D eigenvalue weighted by atomic mass is 10.1. The van der Waals surface area contributed by atoms with E-state index >= 15 is 0 Å². The Bertz CT molecular complexity index is 893. The summed E-state index contributed by atoms with van der Waals surface area (Å²) >= 11 is 5.96. The largest absolute Gasteiger partial charge is 0.280 e. The number of nitrogens with zero attached hydrogens (tertiary/aromatic N) is 1. The minimum atomic E-state index is -3.74. The van der Waals surface area contributed by atoms with Crippen molar-refractivity contribution >= 4 is 27.3 Å². The number of halogens is 1. The van der Waals surface area contributed by atoms with Crippen LogP contribution in [0.4, 0.5) is 5.69 Å². The molecule has 22 heavy (non-hydrogen) atoms. The molecule has 1 heterocycles. The average molecular weight is 334 g/mol. The number of benzene rings is 2. The van der Waals surface area contributed by atoms with Crippen molar-refractivity contribution in [1.29, 1.82) is 0 Å². The minimum Gasteiger partial charge on any atom is -0.280 e. The van der Waals surface area contributed by atoms with Gasteiger partial charge in [-0.15, -0.1) is 0 Å². The highest BCUT2D eigenvalue weighted by molar-refractivity contribution is 7.92. The maximum Gasteiger partial charge on any atom is 0.263 e. The second-order valence-corrected chi connectivity index (χ2v) is 6.65. The van der Waals surface area contributed by atoms with Crippen LogP contribution >= 0.6 is 11.6 Å². The van der Waals surface area contributed by atoms with Crippen LogP contribution < -0.4 is 4.72 Å². The molecule has 0 unspecified atom stereocenters. The SMILES string of the molecule is O=S(=O)(Nc1cccc(-c2ccn[nH]2)c1)c1ccccc1Cl. The number of rotatable bonds is 4. The van der Waals surface area contributed by atoms with Crippen LogP contribution in [0.2, 0.25) is 5.02 Å². The van der Waals surface area contributed by atoms with E-state index in [-0.39, 0.29) is 9.92 Å². The summed E-state index contributed by atoms with van der Waals surface area (Å²) in [6, 6.07) is 15.1. The van der Waals surface area contributed by atoms with Crippen molar-refractivity contribution in [1.82, 2.24) is 10.2 Å². The molecule has 0 aliphatic carbocycles. The predicted molar refractivity (Wildman–Crippen MR) is 86.3 cm³/mol. The fourth-order valence-corrected chi connectivity index (χ4v) is 3.61. The molecule has 7 heteroatoms. The first kappa shape index (κ1) is 14.6. The molecular weight excluding hydrogens is 322 g/mol. The molecule has 0 amide bonds. The average Bonchev–Trinajstić information content (AvgIpc) is 3.01. The minimum absolute atomic E-state index is 0.0450. The molecule has 0 spiro atoms. The second-order valence-electron chi connectivity index (χ2n) is 4.59. The maximum absolute atomic E-state index is 12.4. The first-order valence-corrected chi connectivity index (χ1v) is 8.29. The lowest BCUT2D eigenvalue weighted by molar-refractivity contribution is 0.601. The number of sulfonamides is 1. The Morgan fingerprint density at radius 3 is 2.59 bits per heavy atom. The van der Waals surface area contributed by atoms with Gasteiger partial charge in [0.05, 0.1) is 10.7 Å². The van der Waals surface area contributed by atoms with Crippen molar-refractivity contribution in [2.24, 2.45) is 0 Å². The standard InChI is InChI=1S/C15H12ClN3O2S/c16-13-6-1-2-7-15(13)22(20,21)19-12-5-3-4-11(10-12)14-8-9-17-18-14/h1-10,19H,(H,17,18). The van der Waals surface area contributed by atoms with E-state index in [0.29, 0.717) is 5.69 Å². The number of aromatic amines is 1. The van der Waals surface area contributed by atoms with Crippen LogP contribution in [0.3, 0.4) is 0 Å². The van der Waals surface area contributed by atoms with E-state index in [2.05, 4.69) is 14.9 Å². The van der Waals surface area contributed by atoms with Gasteiger partial charge in [-0.2, -0.15) is 5.10 Å². The Balaban J connectivity index is 1.93. The summed E-state index contributed by atoms with van der Waals surface area (Å²) in [6.45, 7) is 0. The van der Waals surface area contributed by atoms with Crippen molar-refractivity contribution in [3.05, 3.63) is 65.8 Å². The Hall–Kier alpha value is -2.31. The first-order chi connectivity index (χ1) is 10.6. The van der Waals surface area contributed by atoms with Gasteiger partial charge in [0.2, 0.25) is 0 Å². The molecule has 5 nitrogen and oxygen atoms in total. The highest BCUT2D eigenvalue weighted by Gasteiger charge is 2.17. The van der Waals surface area contributed by atoms with Gasteiger partial charge in [-0.25, -0.2) is 8.42 Å².